The maximum absolute atomic E-state index is 12.1. The van der Waals surface area contributed by atoms with E-state index < -0.39 is 0 Å². The van der Waals surface area contributed by atoms with Crippen LogP contribution in [-0.2, 0) is 11.2 Å². The molecule has 1 aliphatic heterocycles. The summed E-state index contributed by atoms with van der Waals surface area (Å²) >= 11 is 1.51. The van der Waals surface area contributed by atoms with Gasteiger partial charge in [0.2, 0.25) is 0 Å². The Bertz CT molecular complexity index is 359. The molecule has 0 radical (unpaired) electrons. The zero-order valence-electron chi connectivity index (χ0n) is 9.15. The summed E-state index contributed by atoms with van der Waals surface area (Å²) in [6.07, 6.45) is 2.64. The van der Waals surface area contributed by atoms with Crippen molar-refractivity contribution in [3.63, 3.8) is 0 Å². The molecule has 88 valence electrons. The fourth-order valence-electron chi connectivity index (χ4n) is 1.82. The van der Waals surface area contributed by atoms with Crippen molar-refractivity contribution < 1.29 is 9.53 Å². The van der Waals surface area contributed by atoms with Crippen LogP contribution in [0.5, 0.6) is 0 Å². The molecular weight excluding hydrogens is 224 g/mol. The molecule has 1 fully saturated rings. The first-order chi connectivity index (χ1) is 7.81. The summed E-state index contributed by atoms with van der Waals surface area (Å²) in [5, 5.41) is 2.78. The number of rotatable bonds is 4. The van der Waals surface area contributed by atoms with Gasteiger partial charge in [0.05, 0.1) is 11.6 Å². The van der Waals surface area contributed by atoms with Crippen LogP contribution in [0.25, 0.3) is 0 Å². The van der Waals surface area contributed by atoms with E-state index in [0.717, 1.165) is 30.9 Å². The summed E-state index contributed by atoms with van der Waals surface area (Å²) in [4.78, 5) is 16.4. The van der Waals surface area contributed by atoms with Gasteiger partial charge in [-0.1, -0.05) is 0 Å². The Morgan fingerprint density at radius 3 is 3.25 bits per heavy atom. The van der Waals surface area contributed by atoms with E-state index >= 15 is 0 Å². The first kappa shape index (κ1) is 11.7. The third-order valence-corrected chi connectivity index (χ3v) is 3.60. The predicted molar refractivity (Wildman–Crippen MR) is 62.7 cm³/mol. The lowest BCUT2D eigenvalue weighted by Gasteiger charge is -2.19. The lowest BCUT2D eigenvalue weighted by atomic mass is 9.96. The van der Waals surface area contributed by atoms with Gasteiger partial charge in [-0.15, -0.1) is 11.3 Å². The SMILES string of the molecule is NCCc1nc(C(=O)C2CCCOC2)cs1. The van der Waals surface area contributed by atoms with Crippen molar-refractivity contribution in [1.82, 2.24) is 4.98 Å². The number of hydrogen-bond acceptors (Lipinski definition) is 5. The molecule has 4 nitrogen and oxygen atoms in total. The molecule has 1 aliphatic rings. The van der Waals surface area contributed by atoms with Gasteiger partial charge in [0.1, 0.15) is 5.69 Å². The van der Waals surface area contributed by atoms with Gasteiger partial charge in [-0.05, 0) is 19.4 Å². The second kappa shape index (κ2) is 5.52. The molecular formula is C11H16N2O2S. The number of carbonyl (C=O) groups is 1. The van der Waals surface area contributed by atoms with Crippen LogP contribution in [0.1, 0.15) is 28.3 Å². The van der Waals surface area contributed by atoms with Gasteiger partial charge in [0, 0.05) is 24.3 Å². The largest absolute Gasteiger partial charge is 0.381 e. The molecule has 0 aliphatic carbocycles. The summed E-state index contributed by atoms with van der Waals surface area (Å²) in [6.45, 7) is 1.90. The molecule has 16 heavy (non-hydrogen) atoms. The van der Waals surface area contributed by atoms with Crippen molar-refractivity contribution in [2.45, 2.75) is 19.3 Å². The quantitative estimate of drug-likeness (QED) is 0.804. The van der Waals surface area contributed by atoms with Gasteiger partial charge in [0.25, 0.3) is 0 Å². The maximum atomic E-state index is 12.1. The van der Waals surface area contributed by atoms with Crippen molar-refractivity contribution in [1.29, 1.82) is 0 Å². The number of thiazole rings is 1. The van der Waals surface area contributed by atoms with E-state index in [0.29, 0.717) is 18.8 Å². The molecule has 2 rings (SSSR count). The topological polar surface area (TPSA) is 65.2 Å². The van der Waals surface area contributed by atoms with E-state index in [2.05, 4.69) is 4.98 Å². The minimum Gasteiger partial charge on any atom is -0.381 e. The van der Waals surface area contributed by atoms with Gasteiger partial charge in [-0.2, -0.15) is 0 Å². The predicted octanol–water partition coefficient (Wildman–Crippen LogP) is 1.25. The molecule has 1 atom stereocenters. The van der Waals surface area contributed by atoms with Gasteiger partial charge >= 0.3 is 0 Å². The highest BCUT2D eigenvalue weighted by atomic mass is 32.1. The number of Topliss-reactive ketones (excluding diaryl/α,β-unsaturated/α-hetero) is 1. The van der Waals surface area contributed by atoms with Crippen LogP contribution in [0.3, 0.4) is 0 Å². The summed E-state index contributed by atoms with van der Waals surface area (Å²) in [5.74, 6) is 0.126. The lowest BCUT2D eigenvalue weighted by Crippen LogP contribution is -2.25. The third kappa shape index (κ3) is 2.66. The molecule has 1 aromatic heterocycles. The normalized spacial score (nSPS) is 20.9. The molecule has 2 N–H and O–H groups in total. The average Bonchev–Trinajstić information content (AvgIpc) is 2.78. The van der Waals surface area contributed by atoms with E-state index in [1.807, 2.05) is 5.38 Å². The molecule has 0 amide bonds. The van der Waals surface area contributed by atoms with E-state index in [9.17, 15) is 4.79 Å². The molecule has 2 heterocycles. The molecule has 1 aromatic rings. The summed E-state index contributed by atoms with van der Waals surface area (Å²) in [7, 11) is 0. The maximum Gasteiger partial charge on any atom is 0.187 e. The summed E-state index contributed by atoms with van der Waals surface area (Å²) in [5.41, 5.74) is 6.04. The third-order valence-electron chi connectivity index (χ3n) is 2.69. The Labute approximate surface area is 98.8 Å². The minimum atomic E-state index is 0.00146. The number of carbonyl (C=O) groups excluding carboxylic acids is 1. The van der Waals surface area contributed by atoms with Crippen molar-refractivity contribution in [2.75, 3.05) is 19.8 Å². The number of ketones is 1. The molecule has 0 bridgehead atoms. The Hall–Kier alpha value is -0.780. The Morgan fingerprint density at radius 1 is 1.69 bits per heavy atom. The fourth-order valence-corrected chi connectivity index (χ4v) is 2.62. The number of aromatic nitrogens is 1. The highest BCUT2D eigenvalue weighted by Gasteiger charge is 2.24. The highest BCUT2D eigenvalue weighted by molar-refractivity contribution is 7.09. The van der Waals surface area contributed by atoms with Gasteiger partial charge < -0.3 is 10.5 Å². The Kier molecular flexibility index (Phi) is 4.04. The summed E-state index contributed by atoms with van der Waals surface area (Å²) < 4.78 is 5.31. The number of nitrogens with zero attached hydrogens (tertiary/aromatic N) is 1. The van der Waals surface area contributed by atoms with Gasteiger partial charge in [-0.25, -0.2) is 4.98 Å². The Balaban J connectivity index is 2.01. The van der Waals surface area contributed by atoms with E-state index in [-0.39, 0.29) is 11.7 Å². The Morgan fingerprint density at radius 2 is 2.56 bits per heavy atom. The van der Waals surface area contributed by atoms with Crippen LogP contribution in [0, 0.1) is 5.92 Å². The van der Waals surface area contributed by atoms with Crippen molar-refractivity contribution in [3.8, 4) is 0 Å². The van der Waals surface area contributed by atoms with Crippen molar-refractivity contribution in [3.05, 3.63) is 16.1 Å². The highest BCUT2D eigenvalue weighted by Crippen LogP contribution is 2.20. The van der Waals surface area contributed by atoms with E-state index in [4.69, 9.17) is 10.5 Å². The number of ether oxygens (including phenoxy) is 1. The zero-order chi connectivity index (χ0) is 11.4. The second-order valence-corrected chi connectivity index (χ2v) is 4.89. The van der Waals surface area contributed by atoms with Crippen LogP contribution in [-0.4, -0.2) is 30.5 Å². The number of nitrogens with two attached hydrogens (primary N) is 1. The average molecular weight is 240 g/mol. The lowest BCUT2D eigenvalue weighted by molar-refractivity contribution is 0.0458. The van der Waals surface area contributed by atoms with Crippen molar-refractivity contribution in [2.24, 2.45) is 11.7 Å². The van der Waals surface area contributed by atoms with Gasteiger partial charge in [0.15, 0.2) is 5.78 Å². The molecule has 5 heteroatoms. The first-order valence-corrected chi connectivity index (χ1v) is 6.45. The van der Waals surface area contributed by atoms with Crippen molar-refractivity contribution >= 4 is 17.1 Å². The summed E-state index contributed by atoms with van der Waals surface area (Å²) in [6, 6.07) is 0. The molecule has 0 saturated carbocycles. The molecule has 1 unspecified atom stereocenters. The fraction of sp³-hybridized carbons (Fsp3) is 0.636. The minimum absolute atomic E-state index is 0.00146. The molecule has 0 aromatic carbocycles. The molecule has 1 saturated heterocycles. The van der Waals surface area contributed by atoms with Crippen LogP contribution >= 0.6 is 11.3 Å². The zero-order valence-corrected chi connectivity index (χ0v) is 9.96. The van der Waals surface area contributed by atoms with Crippen LogP contribution in [0.4, 0.5) is 0 Å². The van der Waals surface area contributed by atoms with Gasteiger partial charge in [-0.3, -0.25) is 4.79 Å². The first-order valence-electron chi connectivity index (χ1n) is 5.57. The van der Waals surface area contributed by atoms with Crippen LogP contribution < -0.4 is 5.73 Å². The second-order valence-electron chi connectivity index (χ2n) is 3.94. The molecule has 0 spiro atoms. The smallest absolute Gasteiger partial charge is 0.187 e. The monoisotopic (exact) mass is 240 g/mol. The standard InChI is InChI=1S/C11H16N2O2S/c12-4-3-10-13-9(7-16-10)11(14)8-2-1-5-15-6-8/h7-8H,1-6,12H2. The van der Waals surface area contributed by atoms with E-state index in [1.165, 1.54) is 11.3 Å². The van der Waals surface area contributed by atoms with Crippen LogP contribution in [0.15, 0.2) is 5.38 Å². The van der Waals surface area contributed by atoms with E-state index in [1.54, 1.807) is 0 Å². The number of hydrogen-bond donors (Lipinski definition) is 1. The van der Waals surface area contributed by atoms with Crippen LogP contribution in [0.2, 0.25) is 0 Å².